The molecule has 1 aliphatic carbocycles. The smallest absolute Gasteiger partial charge is 0.408 e. The number of piperazine rings is 1. The van der Waals surface area contributed by atoms with Gasteiger partial charge in [0, 0.05) is 25.2 Å². The predicted molar refractivity (Wildman–Crippen MR) is 136 cm³/mol. The van der Waals surface area contributed by atoms with Crippen molar-refractivity contribution < 1.29 is 23.5 Å². The third-order valence-corrected chi connectivity index (χ3v) is 8.21. The van der Waals surface area contributed by atoms with Crippen LogP contribution in [0.3, 0.4) is 0 Å². The van der Waals surface area contributed by atoms with Gasteiger partial charge in [-0.3, -0.25) is 14.5 Å². The lowest BCUT2D eigenvalue weighted by Crippen LogP contribution is -2.59. The molecule has 5 rings (SSSR count). The van der Waals surface area contributed by atoms with Gasteiger partial charge in [-0.15, -0.1) is 0 Å². The number of fused-ring (bicyclic) bond motifs is 3. The van der Waals surface area contributed by atoms with E-state index in [-0.39, 0.29) is 42.3 Å². The average Bonchev–Trinajstić information content (AvgIpc) is 3.17. The number of nitrogens with zero attached hydrogens (tertiary/aromatic N) is 4. The van der Waals surface area contributed by atoms with Crippen molar-refractivity contribution >= 4 is 17.9 Å². The number of piperidine rings is 1. The summed E-state index contributed by atoms with van der Waals surface area (Å²) < 4.78 is 18.9. The van der Waals surface area contributed by atoms with Gasteiger partial charge < -0.3 is 19.9 Å². The maximum absolute atomic E-state index is 13.7. The Bertz CT molecular complexity index is 1150. The molecule has 2 bridgehead atoms. The molecule has 1 aromatic carbocycles. The minimum absolute atomic E-state index is 0.0146. The molecule has 4 aliphatic rings. The van der Waals surface area contributed by atoms with Crippen molar-refractivity contribution in [3.05, 3.63) is 35.6 Å². The topological polar surface area (TPSA) is 106 Å². The quantitative estimate of drug-likeness (QED) is 0.587. The van der Waals surface area contributed by atoms with Crippen molar-refractivity contribution in [3.8, 4) is 6.07 Å². The van der Waals surface area contributed by atoms with Gasteiger partial charge in [0.25, 0.3) is 0 Å². The fourth-order valence-electron chi connectivity index (χ4n) is 6.52. The van der Waals surface area contributed by atoms with Crippen molar-refractivity contribution in [2.75, 3.05) is 13.1 Å². The van der Waals surface area contributed by atoms with Crippen LogP contribution < -0.4 is 5.32 Å². The summed E-state index contributed by atoms with van der Waals surface area (Å²) in [7, 11) is 0. The van der Waals surface area contributed by atoms with Crippen LogP contribution in [0, 0.1) is 23.1 Å². The van der Waals surface area contributed by atoms with Crippen LogP contribution in [0.5, 0.6) is 0 Å². The molecular formula is C28H36FN5O4. The molecule has 3 aliphatic heterocycles. The van der Waals surface area contributed by atoms with Gasteiger partial charge in [-0.05, 0) is 70.1 Å². The van der Waals surface area contributed by atoms with Crippen molar-refractivity contribution in [2.45, 2.75) is 95.2 Å². The van der Waals surface area contributed by atoms with Crippen LogP contribution in [0.4, 0.5) is 9.18 Å². The summed E-state index contributed by atoms with van der Waals surface area (Å²) in [5.74, 6) is -0.274. The Morgan fingerprint density at radius 1 is 1.21 bits per heavy atom. The molecule has 3 heterocycles. The van der Waals surface area contributed by atoms with Gasteiger partial charge in [-0.2, -0.15) is 5.26 Å². The molecule has 3 saturated heterocycles. The van der Waals surface area contributed by atoms with Gasteiger partial charge in [0.05, 0.1) is 18.2 Å². The van der Waals surface area contributed by atoms with Crippen molar-refractivity contribution in [1.29, 1.82) is 5.26 Å². The summed E-state index contributed by atoms with van der Waals surface area (Å²) in [6.45, 7) is 8.00. The second kappa shape index (κ2) is 9.84. The second-order valence-corrected chi connectivity index (χ2v) is 12.0. The summed E-state index contributed by atoms with van der Waals surface area (Å²) in [4.78, 5) is 45.5. The normalized spacial score (nSPS) is 29.6. The van der Waals surface area contributed by atoms with Crippen LogP contribution in [-0.4, -0.2) is 81.5 Å². The highest BCUT2D eigenvalue weighted by Crippen LogP contribution is 2.48. The number of hydrogen-bond donors (Lipinski definition) is 1. The summed E-state index contributed by atoms with van der Waals surface area (Å²) >= 11 is 0. The highest BCUT2D eigenvalue weighted by Gasteiger charge is 2.56. The minimum atomic E-state index is -0.931. The van der Waals surface area contributed by atoms with E-state index in [4.69, 9.17) is 4.74 Å². The number of benzene rings is 1. The first kappa shape index (κ1) is 26.4. The zero-order valence-electron chi connectivity index (χ0n) is 22.4. The third-order valence-electron chi connectivity index (χ3n) is 8.21. The minimum Gasteiger partial charge on any atom is -0.444 e. The first-order valence-corrected chi connectivity index (χ1v) is 13.5. The van der Waals surface area contributed by atoms with Crippen LogP contribution in [0.25, 0.3) is 0 Å². The summed E-state index contributed by atoms with van der Waals surface area (Å²) in [6.07, 6.45) is 2.19. The lowest BCUT2D eigenvalue weighted by Gasteiger charge is -2.40. The van der Waals surface area contributed by atoms with E-state index in [0.29, 0.717) is 31.7 Å². The lowest BCUT2D eigenvalue weighted by atomic mass is 10.0. The predicted octanol–water partition coefficient (Wildman–Crippen LogP) is 2.97. The molecule has 0 spiro atoms. The Hall–Kier alpha value is -3.19. The van der Waals surface area contributed by atoms with E-state index in [1.165, 1.54) is 12.1 Å². The molecule has 7 atom stereocenters. The molecule has 0 aromatic heterocycles. The van der Waals surface area contributed by atoms with Crippen LogP contribution in [0.2, 0.25) is 0 Å². The molecule has 10 heteroatoms. The Balaban J connectivity index is 1.32. The number of halogens is 1. The number of nitriles is 1. The Morgan fingerprint density at radius 3 is 2.53 bits per heavy atom. The van der Waals surface area contributed by atoms with E-state index in [0.717, 1.165) is 12.0 Å². The maximum atomic E-state index is 13.7. The van der Waals surface area contributed by atoms with Crippen molar-refractivity contribution in [1.82, 2.24) is 20.0 Å². The second-order valence-electron chi connectivity index (χ2n) is 12.0. The van der Waals surface area contributed by atoms with E-state index in [2.05, 4.69) is 11.4 Å². The molecule has 38 heavy (non-hydrogen) atoms. The van der Waals surface area contributed by atoms with E-state index in [1.807, 2.05) is 16.7 Å². The summed E-state index contributed by atoms with van der Waals surface area (Å²) in [5.41, 5.74) is 0.164. The Morgan fingerprint density at radius 2 is 1.92 bits per heavy atom. The Kier molecular flexibility index (Phi) is 6.84. The zero-order valence-corrected chi connectivity index (χ0v) is 22.4. The highest BCUT2D eigenvalue weighted by atomic mass is 19.1. The monoisotopic (exact) mass is 525 g/mol. The van der Waals surface area contributed by atoms with Gasteiger partial charge in [0.2, 0.25) is 11.8 Å². The first-order valence-electron chi connectivity index (χ1n) is 13.5. The SMILES string of the molecule is CC[C@H](c1ccc(F)cc1)N1C(=O)[C@H]2C[C@@H]1CN2C[C@H](NC(=O)OC(C)(C)C)C(=O)N1[C@H](C#N)C[C@@H]2C[C@@H]21. The van der Waals surface area contributed by atoms with Crippen LogP contribution in [-0.2, 0) is 14.3 Å². The molecule has 0 radical (unpaired) electrons. The van der Waals surface area contributed by atoms with Gasteiger partial charge in [0.15, 0.2) is 0 Å². The number of carbonyl (C=O) groups excluding carboxylic acids is 3. The molecule has 3 amide bonds. The van der Waals surface area contributed by atoms with Crippen molar-refractivity contribution in [3.63, 3.8) is 0 Å². The van der Waals surface area contributed by atoms with Crippen molar-refractivity contribution in [2.24, 2.45) is 5.92 Å². The maximum Gasteiger partial charge on any atom is 0.408 e. The molecule has 204 valence electrons. The van der Waals surface area contributed by atoms with Crippen LogP contribution in [0.1, 0.15) is 65.0 Å². The number of ether oxygens (including phenoxy) is 1. The highest BCUT2D eigenvalue weighted by molar-refractivity contribution is 5.89. The number of hydrogen-bond acceptors (Lipinski definition) is 6. The van der Waals surface area contributed by atoms with Gasteiger partial charge in [-0.1, -0.05) is 19.1 Å². The largest absolute Gasteiger partial charge is 0.444 e. The van der Waals surface area contributed by atoms with E-state index in [9.17, 15) is 24.0 Å². The average molecular weight is 526 g/mol. The van der Waals surface area contributed by atoms with E-state index < -0.39 is 29.8 Å². The van der Waals surface area contributed by atoms with Gasteiger partial charge >= 0.3 is 6.09 Å². The molecule has 1 saturated carbocycles. The fraction of sp³-hybridized carbons (Fsp3) is 0.643. The number of amides is 3. The molecular weight excluding hydrogens is 489 g/mol. The fourth-order valence-corrected chi connectivity index (χ4v) is 6.52. The number of rotatable bonds is 7. The van der Waals surface area contributed by atoms with Crippen LogP contribution in [0.15, 0.2) is 24.3 Å². The Labute approximate surface area is 222 Å². The molecule has 1 N–H and O–H groups in total. The third kappa shape index (κ3) is 4.96. The lowest BCUT2D eigenvalue weighted by molar-refractivity contribution is -0.142. The first-order chi connectivity index (χ1) is 18.0. The standard InChI is InChI=1S/C28H36FN5O4/c1-5-22(16-6-8-18(29)9-7-16)34-20-12-24(26(34)36)32(14-20)15-21(31-27(37)38-28(2,3)4)25(35)33-19(13-30)10-17-11-23(17)33/h6-9,17,19-24H,5,10-12,14-15H2,1-4H3,(H,31,37)/t17-,19+,20-,21+,22-,23+,24-/m1/s1. The molecule has 9 nitrogen and oxygen atoms in total. The number of alkyl carbamates (subject to hydrolysis) is 1. The van der Waals surface area contributed by atoms with E-state index >= 15 is 0 Å². The number of carbonyl (C=O) groups is 3. The summed E-state index contributed by atoms with van der Waals surface area (Å²) in [5, 5.41) is 12.4. The van der Waals surface area contributed by atoms with Gasteiger partial charge in [-0.25, -0.2) is 9.18 Å². The van der Waals surface area contributed by atoms with E-state index in [1.54, 1.807) is 37.8 Å². The zero-order chi connectivity index (χ0) is 27.4. The molecule has 0 unspecified atom stereocenters. The van der Waals surface area contributed by atoms with Crippen LogP contribution >= 0.6 is 0 Å². The number of likely N-dealkylation sites (tertiary alicyclic amines) is 3. The molecule has 1 aromatic rings. The molecule has 4 fully saturated rings. The number of nitrogens with one attached hydrogen (secondary N) is 1. The summed E-state index contributed by atoms with van der Waals surface area (Å²) in [6, 6.07) is 6.56. The van der Waals surface area contributed by atoms with Gasteiger partial charge in [0.1, 0.15) is 23.5 Å².